The lowest BCUT2D eigenvalue weighted by Crippen LogP contribution is -2.46. The molecule has 1 radical (unpaired) electrons. The molecule has 0 amide bonds. The third kappa shape index (κ3) is 2.27. The summed E-state index contributed by atoms with van der Waals surface area (Å²) in [6, 6.07) is 0.581. The van der Waals surface area contributed by atoms with Gasteiger partial charge in [-0.3, -0.25) is 4.90 Å². The van der Waals surface area contributed by atoms with Crippen LogP contribution in [0.3, 0.4) is 0 Å². The first-order chi connectivity index (χ1) is 6.36. The molecule has 4 heteroatoms. The van der Waals surface area contributed by atoms with Gasteiger partial charge >= 0.3 is 0 Å². The first kappa shape index (κ1) is 9.12. The highest BCUT2D eigenvalue weighted by Crippen LogP contribution is 2.12. The number of rotatable bonds is 2. The van der Waals surface area contributed by atoms with Crippen molar-refractivity contribution in [1.29, 1.82) is 0 Å². The van der Waals surface area contributed by atoms with Gasteiger partial charge in [0.15, 0.2) is 0 Å². The van der Waals surface area contributed by atoms with Crippen molar-refractivity contribution >= 4 is 11.3 Å². The Labute approximate surface area is 82.8 Å². The number of aromatic nitrogens is 1. The number of nitrogens with zero attached hydrogens (tertiary/aromatic N) is 3. The quantitative estimate of drug-likeness (QED) is 0.705. The molecule has 2 rings (SSSR count). The van der Waals surface area contributed by atoms with E-state index < -0.39 is 0 Å². The molecule has 1 unspecified atom stereocenters. The van der Waals surface area contributed by atoms with E-state index in [2.05, 4.69) is 22.1 Å². The SMILES string of the molecule is CC1C[N]CCN1Cc1nccs1. The van der Waals surface area contributed by atoms with E-state index in [4.69, 9.17) is 0 Å². The predicted molar refractivity (Wildman–Crippen MR) is 53.9 cm³/mol. The van der Waals surface area contributed by atoms with E-state index in [0.717, 1.165) is 26.2 Å². The lowest BCUT2D eigenvalue weighted by atomic mass is 10.2. The van der Waals surface area contributed by atoms with E-state index in [1.54, 1.807) is 11.3 Å². The Kier molecular flexibility index (Phi) is 2.93. The summed E-state index contributed by atoms with van der Waals surface area (Å²) in [5.74, 6) is 0. The van der Waals surface area contributed by atoms with Crippen LogP contribution in [0.25, 0.3) is 0 Å². The molecule has 0 aliphatic carbocycles. The third-order valence-electron chi connectivity index (χ3n) is 2.38. The zero-order chi connectivity index (χ0) is 9.10. The Balaban J connectivity index is 1.93. The second-order valence-electron chi connectivity index (χ2n) is 3.38. The Morgan fingerprint density at radius 2 is 2.62 bits per heavy atom. The fourth-order valence-corrected chi connectivity index (χ4v) is 2.19. The fraction of sp³-hybridized carbons (Fsp3) is 0.667. The van der Waals surface area contributed by atoms with Gasteiger partial charge < -0.3 is 0 Å². The Morgan fingerprint density at radius 3 is 3.31 bits per heavy atom. The molecular weight excluding hydrogens is 182 g/mol. The lowest BCUT2D eigenvalue weighted by molar-refractivity contribution is 0.163. The molecule has 1 aromatic heterocycles. The smallest absolute Gasteiger partial charge is 0.107 e. The van der Waals surface area contributed by atoms with Crippen LogP contribution in [-0.2, 0) is 6.54 Å². The molecule has 1 aromatic rings. The van der Waals surface area contributed by atoms with Crippen molar-refractivity contribution in [3.05, 3.63) is 16.6 Å². The van der Waals surface area contributed by atoms with Crippen LogP contribution in [0.15, 0.2) is 11.6 Å². The summed E-state index contributed by atoms with van der Waals surface area (Å²) in [7, 11) is 0. The van der Waals surface area contributed by atoms with E-state index in [-0.39, 0.29) is 0 Å². The molecule has 0 N–H and O–H groups in total. The second kappa shape index (κ2) is 4.17. The number of hydrogen-bond donors (Lipinski definition) is 0. The zero-order valence-corrected chi connectivity index (χ0v) is 8.63. The minimum atomic E-state index is 0.581. The fourth-order valence-electron chi connectivity index (χ4n) is 1.55. The molecule has 0 bridgehead atoms. The van der Waals surface area contributed by atoms with Gasteiger partial charge in [0.05, 0.1) is 6.54 Å². The largest absolute Gasteiger partial charge is 0.291 e. The molecule has 2 heterocycles. The summed E-state index contributed by atoms with van der Waals surface area (Å²) in [6.45, 7) is 6.27. The van der Waals surface area contributed by atoms with E-state index in [1.807, 2.05) is 11.6 Å². The zero-order valence-electron chi connectivity index (χ0n) is 7.81. The van der Waals surface area contributed by atoms with Crippen LogP contribution in [0.2, 0.25) is 0 Å². The summed E-state index contributed by atoms with van der Waals surface area (Å²) in [5, 5.41) is 7.63. The summed E-state index contributed by atoms with van der Waals surface area (Å²) in [5.41, 5.74) is 0. The minimum Gasteiger partial charge on any atom is -0.291 e. The van der Waals surface area contributed by atoms with Gasteiger partial charge in [0.1, 0.15) is 5.01 Å². The van der Waals surface area contributed by atoms with Crippen LogP contribution in [0.1, 0.15) is 11.9 Å². The molecule has 1 saturated heterocycles. The van der Waals surface area contributed by atoms with Crippen LogP contribution < -0.4 is 5.32 Å². The normalized spacial score (nSPS) is 24.8. The molecule has 13 heavy (non-hydrogen) atoms. The molecule has 71 valence electrons. The molecule has 0 saturated carbocycles. The maximum atomic E-state index is 4.38. The van der Waals surface area contributed by atoms with E-state index in [0.29, 0.717) is 6.04 Å². The van der Waals surface area contributed by atoms with Crippen molar-refractivity contribution in [1.82, 2.24) is 15.2 Å². The van der Waals surface area contributed by atoms with Gasteiger partial charge in [-0.25, -0.2) is 10.3 Å². The van der Waals surface area contributed by atoms with Crippen LogP contribution >= 0.6 is 11.3 Å². The van der Waals surface area contributed by atoms with Crippen LogP contribution in [0, 0.1) is 0 Å². The van der Waals surface area contributed by atoms with Crippen molar-refractivity contribution in [2.75, 3.05) is 19.6 Å². The standard InChI is InChI=1S/C9H14N3S/c1-8-6-10-2-4-12(8)7-9-11-3-5-13-9/h3,5,8H,2,4,6-7H2,1H3. The molecule has 0 spiro atoms. The molecule has 0 aromatic carbocycles. The van der Waals surface area contributed by atoms with Crippen LogP contribution in [0.5, 0.6) is 0 Å². The maximum Gasteiger partial charge on any atom is 0.107 e. The first-order valence-electron chi connectivity index (χ1n) is 4.62. The van der Waals surface area contributed by atoms with Gasteiger partial charge in [-0.05, 0) is 6.92 Å². The van der Waals surface area contributed by atoms with Gasteiger partial charge in [-0.1, -0.05) is 0 Å². The van der Waals surface area contributed by atoms with Gasteiger partial charge in [-0.2, -0.15) is 0 Å². The van der Waals surface area contributed by atoms with Crippen molar-refractivity contribution < 1.29 is 0 Å². The Bertz CT molecular complexity index is 247. The van der Waals surface area contributed by atoms with E-state index >= 15 is 0 Å². The lowest BCUT2D eigenvalue weighted by Gasteiger charge is -2.32. The monoisotopic (exact) mass is 196 g/mol. The number of piperazine rings is 1. The van der Waals surface area contributed by atoms with Crippen molar-refractivity contribution in [3.63, 3.8) is 0 Å². The molecule has 1 aliphatic heterocycles. The van der Waals surface area contributed by atoms with Gasteiger partial charge in [0, 0.05) is 37.3 Å². The third-order valence-corrected chi connectivity index (χ3v) is 3.15. The summed E-state index contributed by atoms with van der Waals surface area (Å²) in [4.78, 5) is 6.74. The Hall–Kier alpha value is -0.450. The molecule has 3 nitrogen and oxygen atoms in total. The second-order valence-corrected chi connectivity index (χ2v) is 4.35. The van der Waals surface area contributed by atoms with Gasteiger partial charge in [-0.15, -0.1) is 11.3 Å². The summed E-state index contributed by atoms with van der Waals surface area (Å²) >= 11 is 1.74. The first-order valence-corrected chi connectivity index (χ1v) is 5.50. The van der Waals surface area contributed by atoms with Gasteiger partial charge in [0.25, 0.3) is 0 Å². The van der Waals surface area contributed by atoms with E-state index in [9.17, 15) is 0 Å². The average molecular weight is 196 g/mol. The van der Waals surface area contributed by atoms with Crippen molar-refractivity contribution in [3.8, 4) is 0 Å². The molecular formula is C9H14N3S. The van der Waals surface area contributed by atoms with Crippen molar-refractivity contribution in [2.24, 2.45) is 0 Å². The summed E-state index contributed by atoms with van der Waals surface area (Å²) < 4.78 is 0. The van der Waals surface area contributed by atoms with Crippen LogP contribution in [-0.4, -0.2) is 35.6 Å². The summed E-state index contributed by atoms with van der Waals surface area (Å²) in [6.07, 6.45) is 1.87. The maximum absolute atomic E-state index is 4.38. The highest BCUT2D eigenvalue weighted by atomic mass is 32.1. The average Bonchev–Trinajstić information content (AvgIpc) is 2.61. The number of hydrogen-bond acceptors (Lipinski definition) is 3. The van der Waals surface area contributed by atoms with Gasteiger partial charge in [0.2, 0.25) is 0 Å². The van der Waals surface area contributed by atoms with Crippen molar-refractivity contribution in [2.45, 2.75) is 19.5 Å². The topological polar surface area (TPSA) is 30.2 Å². The molecule has 1 aliphatic rings. The predicted octanol–water partition coefficient (Wildman–Crippen LogP) is 0.952. The Morgan fingerprint density at radius 1 is 1.69 bits per heavy atom. The highest BCUT2D eigenvalue weighted by Gasteiger charge is 2.18. The molecule has 1 fully saturated rings. The van der Waals surface area contributed by atoms with Crippen LogP contribution in [0.4, 0.5) is 0 Å². The highest BCUT2D eigenvalue weighted by molar-refractivity contribution is 7.09. The molecule has 1 atom stereocenters. The van der Waals surface area contributed by atoms with E-state index in [1.165, 1.54) is 5.01 Å². The number of thiazole rings is 1. The minimum absolute atomic E-state index is 0.581.